The molecule has 0 saturated carbocycles. The van der Waals surface area contributed by atoms with Crippen LogP contribution in [0.15, 0.2) is 39.4 Å². The summed E-state index contributed by atoms with van der Waals surface area (Å²) in [4.78, 5) is 4.59. The van der Waals surface area contributed by atoms with Crippen LogP contribution >= 0.6 is 15.9 Å². The quantitative estimate of drug-likeness (QED) is 0.924. The second-order valence-electron chi connectivity index (χ2n) is 4.25. The van der Waals surface area contributed by atoms with Gasteiger partial charge in [-0.2, -0.15) is 0 Å². The molecule has 1 aromatic carbocycles. The first-order valence-electron chi connectivity index (χ1n) is 5.75. The summed E-state index contributed by atoms with van der Waals surface area (Å²) in [7, 11) is 0. The van der Waals surface area contributed by atoms with Gasteiger partial charge < -0.3 is 9.73 Å². The summed E-state index contributed by atoms with van der Waals surface area (Å²) in [6.07, 6.45) is 2.92. The number of aromatic nitrogens is 1. The van der Waals surface area contributed by atoms with Gasteiger partial charge in [0.25, 0.3) is 0 Å². The minimum absolute atomic E-state index is 0.495. The van der Waals surface area contributed by atoms with E-state index < -0.39 is 0 Å². The van der Waals surface area contributed by atoms with Crippen LogP contribution in [0.2, 0.25) is 0 Å². The van der Waals surface area contributed by atoms with E-state index >= 15 is 0 Å². The van der Waals surface area contributed by atoms with Crippen molar-refractivity contribution in [2.24, 2.45) is 0 Å². The van der Waals surface area contributed by atoms with Gasteiger partial charge in [0.1, 0.15) is 6.26 Å². The van der Waals surface area contributed by atoms with Gasteiger partial charge in [0, 0.05) is 16.9 Å². The summed E-state index contributed by atoms with van der Waals surface area (Å²) >= 11 is 3.51. The van der Waals surface area contributed by atoms with Gasteiger partial charge in [-0.1, -0.05) is 12.1 Å². The Kier molecular flexibility index (Phi) is 2.99. The topological polar surface area (TPSA) is 38.1 Å². The van der Waals surface area contributed by atoms with Crippen molar-refractivity contribution < 1.29 is 4.42 Å². The molecule has 1 N–H and O–H groups in total. The van der Waals surface area contributed by atoms with Crippen molar-refractivity contribution in [2.75, 3.05) is 13.1 Å². The average molecular weight is 293 g/mol. The van der Waals surface area contributed by atoms with E-state index in [1.165, 1.54) is 0 Å². The lowest BCUT2D eigenvalue weighted by Crippen LogP contribution is -2.08. The Balaban J connectivity index is 1.92. The molecule has 1 saturated heterocycles. The van der Waals surface area contributed by atoms with Crippen LogP contribution in [0.1, 0.15) is 18.0 Å². The summed E-state index contributed by atoms with van der Waals surface area (Å²) in [5.41, 5.74) is 2.06. The van der Waals surface area contributed by atoms with Gasteiger partial charge in [-0.25, -0.2) is 4.98 Å². The first-order valence-corrected chi connectivity index (χ1v) is 6.55. The minimum Gasteiger partial charge on any atom is -0.444 e. The predicted molar refractivity (Wildman–Crippen MR) is 69.9 cm³/mol. The zero-order valence-electron chi connectivity index (χ0n) is 9.32. The van der Waals surface area contributed by atoms with Gasteiger partial charge in [-0.05, 0) is 41.0 Å². The zero-order chi connectivity index (χ0) is 11.7. The lowest BCUT2D eigenvalue weighted by Gasteiger charge is -2.01. The molecule has 0 spiro atoms. The van der Waals surface area contributed by atoms with Crippen molar-refractivity contribution in [3.63, 3.8) is 0 Å². The first kappa shape index (κ1) is 11.0. The Morgan fingerprint density at radius 2 is 2.24 bits per heavy atom. The van der Waals surface area contributed by atoms with Gasteiger partial charge in [0.15, 0.2) is 0 Å². The molecule has 1 unspecified atom stereocenters. The largest absolute Gasteiger partial charge is 0.444 e. The molecule has 2 aromatic rings. The second-order valence-corrected chi connectivity index (χ2v) is 5.10. The molecule has 17 heavy (non-hydrogen) atoms. The Morgan fingerprint density at radius 1 is 1.35 bits per heavy atom. The summed E-state index contributed by atoms with van der Waals surface area (Å²) < 4.78 is 6.59. The highest BCUT2D eigenvalue weighted by Gasteiger charge is 2.20. The highest BCUT2D eigenvalue weighted by Crippen LogP contribution is 2.30. The summed E-state index contributed by atoms with van der Waals surface area (Å²) in [5.74, 6) is 1.19. The van der Waals surface area contributed by atoms with Crippen molar-refractivity contribution in [2.45, 2.75) is 12.3 Å². The van der Waals surface area contributed by atoms with Gasteiger partial charge in [-0.15, -0.1) is 0 Å². The molecule has 1 aromatic heterocycles. The van der Waals surface area contributed by atoms with E-state index in [4.69, 9.17) is 4.42 Å². The third-order valence-electron chi connectivity index (χ3n) is 3.10. The third-order valence-corrected chi connectivity index (χ3v) is 3.80. The second kappa shape index (κ2) is 4.63. The zero-order valence-corrected chi connectivity index (χ0v) is 10.9. The molecule has 88 valence electrons. The van der Waals surface area contributed by atoms with E-state index in [1.807, 2.05) is 24.3 Å². The van der Waals surface area contributed by atoms with Crippen molar-refractivity contribution in [3.05, 3.63) is 40.7 Å². The van der Waals surface area contributed by atoms with E-state index in [2.05, 4.69) is 26.2 Å². The van der Waals surface area contributed by atoms with Crippen molar-refractivity contribution in [3.8, 4) is 11.5 Å². The maximum absolute atomic E-state index is 5.58. The van der Waals surface area contributed by atoms with E-state index in [1.54, 1.807) is 6.26 Å². The van der Waals surface area contributed by atoms with Gasteiger partial charge in [0.05, 0.1) is 11.3 Å². The monoisotopic (exact) mass is 292 g/mol. The number of hydrogen-bond acceptors (Lipinski definition) is 3. The minimum atomic E-state index is 0.495. The van der Waals surface area contributed by atoms with Crippen LogP contribution in [-0.4, -0.2) is 18.1 Å². The molecule has 1 aliphatic heterocycles. The van der Waals surface area contributed by atoms with Gasteiger partial charge in [0.2, 0.25) is 5.89 Å². The number of nitrogens with zero attached hydrogens (tertiary/aromatic N) is 1. The maximum Gasteiger partial charge on any atom is 0.227 e. The molecule has 4 heteroatoms. The fourth-order valence-corrected chi connectivity index (χ4v) is 2.59. The molecule has 1 fully saturated rings. The van der Waals surface area contributed by atoms with E-state index in [0.29, 0.717) is 11.8 Å². The normalized spacial score (nSPS) is 19.7. The van der Waals surface area contributed by atoms with E-state index in [-0.39, 0.29) is 0 Å². The summed E-state index contributed by atoms with van der Waals surface area (Å²) in [5, 5.41) is 3.34. The Hall–Kier alpha value is -1.13. The van der Waals surface area contributed by atoms with Crippen LogP contribution in [0, 0.1) is 0 Å². The molecule has 1 aliphatic rings. The summed E-state index contributed by atoms with van der Waals surface area (Å²) in [6, 6.07) is 7.97. The smallest absolute Gasteiger partial charge is 0.227 e. The molecule has 3 rings (SSSR count). The average Bonchev–Trinajstić information content (AvgIpc) is 3.00. The molecule has 0 amide bonds. The molecular formula is C13H13BrN2O. The van der Waals surface area contributed by atoms with Crippen LogP contribution in [-0.2, 0) is 0 Å². The van der Waals surface area contributed by atoms with Crippen LogP contribution in [0.4, 0.5) is 0 Å². The maximum atomic E-state index is 5.58. The Labute approximate surface area is 108 Å². The van der Waals surface area contributed by atoms with Crippen LogP contribution in [0.25, 0.3) is 11.5 Å². The molecule has 1 atom stereocenters. The molecule has 3 nitrogen and oxygen atoms in total. The van der Waals surface area contributed by atoms with Crippen LogP contribution in [0.3, 0.4) is 0 Å². The van der Waals surface area contributed by atoms with Crippen molar-refractivity contribution in [1.82, 2.24) is 10.3 Å². The third kappa shape index (κ3) is 2.15. The standard InChI is InChI=1S/C13H13BrN2O/c14-11-4-2-1-3-10(11)13-16-12(8-17-13)9-5-6-15-7-9/h1-4,8-9,15H,5-7H2. The fourth-order valence-electron chi connectivity index (χ4n) is 2.14. The number of oxazole rings is 1. The van der Waals surface area contributed by atoms with E-state index in [9.17, 15) is 0 Å². The molecular weight excluding hydrogens is 280 g/mol. The molecule has 0 aliphatic carbocycles. The van der Waals surface area contributed by atoms with Gasteiger partial charge >= 0.3 is 0 Å². The molecule has 0 radical (unpaired) electrons. The van der Waals surface area contributed by atoms with Gasteiger partial charge in [-0.3, -0.25) is 0 Å². The lowest BCUT2D eigenvalue weighted by molar-refractivity contribution is 0.569. The fraction of sp³-hybridized carbons (Fsp3) is 0.308. The Bertz CT molecular complexity index is 518. The van der Waals surface area contributed by atoms with Crippen molar-refractivity contribution in [1.29, 1.82) is 0 Å². The lowest BCUT2D eigenvalue weighted by atomic mass is 10.1. The van der Waals surface area contributed by atoms with E-state index in [0.717, 1.165) is 35.2 Å². The number of benzene rings is 1. The van der Waals surface area contributed by atoms with Crippen LogP contribution < -0.4 is 5.32 Å². The predicted octanol–water partition coefficient (Wildman–Crippen LogP) is 3.18. The molecule has 0 bridgehead atoms. The van der Waals surface area contributed by atoms with Crippen LogP contribution in [0.5, 0.6) is 0 Å². The number of rotatable bonds is 2. The number of nitrogens with one attached hydrogen (secondary N) is 1. The first-order chi connectivity index (χ1) is 8.34. The highest BCUT2D eigenvalue weighted by molar-refractivity contribution is 9.10. The molecule has 2 heterocycles. The SMILES string of the molecule is Brc1ccccc1-c1nc(C2CCNC2)co1. The number of hydrogen-bond donors (Lipinski definition) is 1. The summed E-state index contributed by atoms with van der Waals surface area (Å²) in [6.45, 7) is 2.07. The Morgan fingerprint density at radius 3 is 3.00 bits per heavy atom. The highest BCUT2D eigenvalue weighted by atomic mass is 79.9. The van der Waals surface area contributed by atoms with Crippen molar-refractivity contribution >= 4 is 15.9 Å². The number of halogens is 1.